The molecule has 0 aromatic heterocycles. The molecular formula is C9H12O4. The van der Waals surface area contributed by atoms with Gasteiger partial charge in [-0.2, -0.15) is 0 Å². The van der Waals surface area contributed by atoms with E-state index >= 15 is 0 Å². The van der Waals surface area contributed by atoms with E-state index in [1.54, 1.807) is 0 Å². The molecule has 0 saturated carbocycles. The van der Waals surface area contributed by atoms with E-state index < -0.39 is 11.9 Å². The van der Waals surface area contributed by atoms with Crippen LogP contribution in [0.5, 0.6) is 0 Å². The van der Waals surface area contributed by atoms with Gasteiger partial charge in [0.05, 0.1) is 19.6 Å². The topological polar surface area (TPSA) is 52.6 Å². The summed E-state index contributed by atoms with van der Waals surface area (Å²) in [6.45, 7) is 4.21. The maximum Gasteiger partial charge on any atom is 0.333 e. The van der Waals surface area contributed by atoms with Gasteiger partial charge in [0, 0.05) is 5.57 Å². The van der Waals surface area contributed by atoms with E-state index in [2.05, 4.69) is 6.58 Å². The average Bonchev–Trinajstić information content (AvgIpc) is 2.09. The van der Waals surface area contributed by atoms with Crippen LogP contribution in [-0.4, -0.2) is 25.2 Å². The zero-order valence-electron chi connectivity index (χ0n) is 7.38. The Hall–Kier alpha value is -1.32. The third kappa shape index (κ3) is 3.27. The first-order valence-corrected chi connectivity index (χ1v) is 4.20. The second kappa shape index (κ2) is 4.64. The Morgan fingerprint density at radius 2 is 1.69 bits per heavy atom. The molecule has 0 amide bonds. The van der Waals surface area contributed by atoms with Crippen LogP contribution in [-0.2, 0) is 19.1 Å². The van der Waals surface area contributed by atoms with Crippen LogP contribution in [0.2, 0.25) is 0 Å². The Labute approximate surface area is 76.5 Å². The van der Waals surface area contributed by atoms with Crippen LogP contribution in [0.15, 0.2) is 12.2 Å². The fourth-order valence-corrected chi connectivity index (χ4v) is 0.954. The lowest BCUT2D eigenvalue weighted by Crippen LogP contribution is -2.16. The maximum atomic E-state index is 11.0. The maximum absolute atomic E-state index is 11.0. The summed E-state index contributed by atoms with van der Waals surface area (Å²) in [7, 11) is 0. The summed E-state index contributed by atoms with van der Waals surface area (Å²) in [5, 5.41) is 0. The first kappa shape index (κ1) is 9.77. The van der Waals surface area contributed by atoms with Gasteiger partial charge in [0.2, 0.25) is 0 Å². The number of carbonyl (C=O) groups excluding carboxylic acids is 2. The van der Waals surface area contributed by atoms with Gasteiger partial charge < -0.3 is 9.47 Å². The zero-order valence-corrected chi connectivity index (χ0v) is 7.38. The highest BCUT2D eigenvalue weighted by molar-refractivity contribution is 5.93. The van der Waals surface area contributed by atoms with Gasteiger partial charge >= 0.3 is 11.9 Å². The Kier molecular flexibility index (Phi) is 3.49. The monoisotopic (exact) mass is 184 g/mol. The van der Waals surface area contributed by atoms with Gasteiger partial charge in [-0.3, -0.25) is 4.79 Å². The minimum atomic E-state index is -0.501. The fourth-order valence-electron chi connectivity index (χ4n) is 0.954. The van der Waals surface area contributed by atoms with E-state index in [4.69, 9.17) is 9.47 Å². The molecule has 0 aromatic carbocycles. The summed E-state index contributed by atoms with van der Waals surface area (Å²) in [6.07, 6.45) is 1.37. The van der Waals surface area contributed by atoms with Gasteiger partial charge in [0.15, 0.2) is 0 Å². The Morgan fingerprint density at radius 3 is 2.38 bits per heavy atom. The van der Waals surface area contributed by atoms with Crippen LogP contribution in [0, 0.1) is 0 Å². The van der Waals surface area contributed by atoms with Crippen molar-refractivity contribution in [1.82, 2.24) is 0 Å². The number of cyclic esters (lactones) is 2. The van der Waals surface area contributed by atoms with Crippen molar-refractivity contribution in [3.8, 4) is 0 Å². The molecule has 1 aliphatic rings. The molecule has 0 bridgehead atoms. The van der Waals surface area contributed by atoms with Crippen molar-refractivity contribution in [3.05, 3.63) is 12.2 Å². The largest absolute Gasteiger partial charge is 0.465 e. The number of hydrogen-bond acceptors (Lipinski definition) is 4. The standard InChI is InChI=1S/C9H12O4/c1-7-6-8(10)12-4-2-3-5-13-9(7)11/h1-6H2. The second-order valence-corrected chi connectivity index (χ2v) is 2.84. The normalized spacial score (nSPS) is 20.5. The van der Waals surface area contributed by atoms with Crippen molar-refractivity contribution < 1.29 is 19.1 Å². The molecule has 1 fully saturated rings. The molecule has 1 aliphatic heterocycles. The van der Waals surface area contributed by atoms with Crippen molar-refractivity contribution >= 4 is 11.9 Å². The summed E-state index contributed by atoms with van der Waals surface area (Å²) in [4.78, 5) is 22.0. The molecule has 1 rings (SSSR count). The number of ether oxygens (including phenoxy) is 2. The molecule has 4 heteroatoms. The SMILES string of the molecule is C=C1CC(=O)OCCCCOC1=O. The Balaban J connectivity index is 2.52. The smallest absolute Gasteiger partial charge is 0.333 e. The molecule has 0 N–H and O–H groups in total. The quantitative estimate of drug-likeness (QED) is 0.413. The van der Waals surface area contributed by atoms with Crippen LogP contribution in [0.4, 0.5) is 0 Å². The van der Waals surface area contributed by atoms with Crippen LogP contribution in [0.25, 0.3) is 0 Å². The van der Waals surface area contributed by atoms with E-state index in [1.165, 1.54) is 0 Å². The highest BCUT2D eigenvalue weighted by Crippen LogP contribution is 2.06. The van der Waals surface area contributed by atoms with Gasteiger partial charge in [-0.1, -0.05) is 6.58 Å². The van der Waals surface area contributed by atoms with Gasteiger partial charge in [0.25, 0.3) is 0 Å². The fraction of sp³-hybridized carbons (Fsp3) is 0.556. The van der Waals surface area contributed by atoms with E-state index in [0.717, 1.165) is 6.42 Å². The van der Waals surface area contributed by atoms with Gasteiger partial charge in [0.1, 0.15) is 0 Å². The van der Waals surface area contributed by atoms with Crippen molar-refractivity contribution in [3.63, 3.8) is 0 Å². The second-order valence-electron chi connectivity index (χ2n) is 2.84. The van der Waals surface area contributed by atoms with E-state index in [1.807, 2.05) is 0 Å². The van der Waals surface area contributed by atoms with Crippen molar-refractivity contribution in [2.24, 2.45) is 0 Å². The molecule has 0 aliphatic carbocycles. The lowest BCUT2D eigenvalue weighted by Gasteiger charge is -2.10. The van der Waals surface area contributed by atoms with Crippen LogP contribution < -0.4 is 0 Å². The van der Waals surface area contributed by atoms with Crippen LogP contribution in [0.3, 0.4) is 0 Å². The molecule has 0 unspecified atom stereocenters. The zero-order chi connectivity index (χ0) is 9.68. The molecule has 0 spiro atoms. The first-order valence-electron chi connectivity index (χ1n) is 4.20. The molecule has 13 heavy (non-hydrogen) atoms. The predicted molar refractivity (Wildman–Crippen MR) is 44.9 cm³/mol. The molecule has 72 valence electrons. The van der Waals surface area contributed by atoms with Gasteiger partial charge in [-0.15, -0.1) is 0 Å². The molecular weight excluding hydrogens is 172 g/mol. The average molecular weight is 184 g/mol. The van der Waals surface area contributed by atoms with E-state index in [9.17, 15) is 9.59 Å². The summed E-state index contributed by atoms with van der Waals surface area (Å²) in [5.74, 6) is -0.914. The summed E-state index contributed by atoms with van der Waals surface area (Å²) in [6, 6.07) is 0. The van der Waals surface area contributed by atoms with Gasteiger partial charge in [-0.05, 0) is 12.8 Å². The summed E-state index contributed by atoms with van der Waals surface area (Å²) >= 11 is 0. The summed E-state index contributed by atoms with van der Waals surface area (Å²) < 4.78 is 9.66. The van der Waals surface area contributed by atoms with Crippen LogP contribution in [0.1, 0.15) is 19.3 Å². The molecule has 1 saturated heterocycles. The molecule has 0 radical (unpaired) electrons. The molecule has 1 heterocycles. The first-order chi connectivity index (χ1) is 6.20. The number of esters is 2. The minimum Gasteiger partial charge on any atom is -0.465 e. The Morgan fingerprint density at radius 1 is 1.08 bits per heavy atom. The molecule has 0 aromatic rings. The number of rotatable bonds is 0. The van der Waals surface area contributed by atoms with Crippen molar-refractivity contribution in [1.29, 1.82) is 0 Å². The summed E-state index contributed by atoms with van der Waals surface area (Å²) in [5.41, 5.74) is 0.159. The van der Waals surface area contributed by atoms with Crippen molar-refractivity contribution in [2.75, 3.05) is 13.2 Å². The highest BCUT2D eigenvalue weighted by Gasteiger charge is 2.15. The lowest BCUT2D eigenvalue weighted by molar-refractivity contribution is -0.147. The van der Waals surface area contributed by atoms with E-state index in [0.29, 0.717) is 19.6 Å². The molecule has 0 atom stereocenters. The third-order valence-corrected chi connectivity index (χ3v) is 1.68. The van der Waals surface area contributed by atoms with Crippen molar-refractivity contribution in [2.45, 2.75) is 19.3 Å². The minimum absolute atomic E-state index is 0.0706. The molecule has 4 nitrogen and oxygen atoms in total. The highest BCUT2D eigenvalue weighted by atomic mass is 16.5. The van der Waals surface area contributed by atoms with E-state index in [-0.39, 0.29) is 12.0 Å². The predicted octanol–water partition coefficient (Wildman–Crippen LogP) is 0.813. The number of carbonyl (C=O) groups is 2. The Bertz CT molecular complexity index is 232. The lowest BCUT2D eigenvalue weighted by atomic mass is 10.2. The van der Waals surface area contributed by atoms with Crippen LogP contribution >= 0.6 is 0 Å². The van der Waals surface area contributed by atoms with Gasteiger partial charge in [-0.25, -0.2) is 4.79 Å². The number of hydrogen-bond donors (Lipinski definition) is 0. The third-order valence-electron chi connectivity index (χ3n) is 1.68.